The summed E-state index contributed by atoms with van der Waals surface area (Å²) < 4.78 is 59.8. The highest BCUT2D eigenvalue weighted by Gasteiger charge is 2.49. The quantitative estimate of drug-likeness (QED) is 0.293. The van der Waals surface area contributed by atoms with Crippen LogP contribution in [0, 0.1) is 35.5 Å². The Bertz CT molecular complexity index is 1620. The molecule has 0 spiro atoms. The van der Waals surface area contributed by atoms with Gasteiger partial charge in [-0.25, -0.2) is 26.3 Å². The van der Waals surface area contributed by atoms with E-state index in [-0.39, 0.29) is 27.6 Å². The van der Waals surface area contributed by atoms with Gasteiger partial charge >= 0.3 is 0 Å². The standard InChI is InChI=1S/C30H35N3O5S2/c34-31-30-26-14-22(39(35,36)32-28-13-16-1-2-19(28)8-16)3-5-24(26)25-6-4-23(15-27(25)30)40(37,38)33-29-20-9-17-7-18(11-20)12-21(29)10-17/h3-6,14-21,28-29,32-34H,1-2,7-13H2/b31-30-. The minimum atomic E-state index is -3.79. The van der Waals surface area contributed by atoms with Crippen LogP contribution in [0.2, 0.25) is 0 Å². The molecule has 6 saturated carbocycles. The summed E-state index contributed by atoms with van der Waals surface area (Å²) in [5, 5.41) is 13.5. The lowest BCUT2D eigenvalue weighted by Crippen LogP contribution is -2.55. The molecule has 7 aliphatic carbocycles. The molecule has 0 aromatic heterocycles. The number of hydrogen-bond donors (Lipinski definition) is 3. The van der Waals surface area contributed by atoms with Gasteiger partial charge < -0.3 is 5.21 Å². The number of nitrogens with one attached hydrogen (secondary N) is 2. The van der Waals surface area contributed by atoms with Crippen LogP contribution in [-0.4, -0.2) is 39.8 Å². The molecular formula is C30H35N3O5S2. The normalized spacial score (nSPS) is 36.4. The van der Waals surface area contributed by atoms with E-state index in [1.54, 1.807) is 36.4 Å². The Kier molecular flexibility index (Phi) is 5.64. The van der Waals surface area contributed by atoms with E-state index in [0.717, 1.165) is 67.9 Å². The third kappa shape index (κ3) is 3.93. The average molecular weight is 582 g/mol. The summed E-state index contributed by atoms with van der Waals surface area (Å²) >= 11 is 0. The summed E-state index contributed by atoms with van der Waals surface area (Å²) in [6.07, 6.45) is 10.0. The maximum atomic E-state index is 13.6. The van der Waals surface area contributed by atoms with Crippen molar-refractivity contribution in [1.29, 1.82) is 0 Å². The molecular weight excluding hydrogens is 546 g/mol. The van der Waals surface area contributed by atoms with E-state index in [9.17, 15) is 22.0 Å². The van der Waals surface area contributed by atoms with Crippen LogP contribution < -0.4 is 9.44 Å². The molecule has 7 aliphatic rings. The van der Waals surface area contributed by atoms with E-state index < -0.39 is 20.0 Å². The molecule has 3 atom stereocenters. The Morgan fingerprint density at radius 2 is 1.18 bits per heavy atom. The third-order valence-corrected chi connectivity index (χ3v) is 14.0. The van der Waals surface area contributed by atoms with E-state index in [1.165, 1.54) is 12.8 Å². The molecule has 8 nitrogen and oxygen atoms in total. The van der Waals surface area contributed by atoms with E-state index in [4.69, 9.17) is 0 Å². The van der Waals surface area contributed by atoms with Crippen LogP contribution in [0.25, 0.3) is 11.1 Å². The molecule has 0 amide bonds. The van der Waals surface area contributed by atoms with Crippen LogP contribution in [0.1, 0.15) is 68.9 Å². The fourth-order valence-electron chi connectivity index (χ4n) is 9.52. The summed E-state index contributed by atoms with van der Waals surface area (Å²) in [5.41, 5.74) is 2.60. The van der Waals surface area contributed by atoms with Crippen LogP contribution in [0.5, 0.6) is 0 Å². The zero-order valence-electron chi connectivity index (χ0n) is 22.3. The average Bonchev–Trinajstić information content (AvgIpc) is 3.62. The van der Waals surface area contributed by atoms with Crippen molar-refractivity contribution in [2.24, 2.45) is 40.7 Å². The van der Waals surface area contributed by atoms with Gasteiger partial charge in [-0.3, -0.25) is 0 Å². The molecule has 0 aliphatic heterocycles. The molecule has 3 N–H and O–H groups in total. The maximum absolute atomic E-state index is 13.6. The fraction of sp³-hybridized carbons (Fsp3) is 0.567. The monoisotopic (exact) mass is 581 g/mol. The van der Waals surface area contributed by atoms with Crippen molar-refractivity contribution in [2.45, 2.75) is 79.7 Å². The SMILES string of the molecule is O=S(=O)(NC1CC2CCC1C2)c1ccc2c(c1)/C(=N/O)c1cc(S(=O)(=O)NC3C4CC5CC(C4)CC3C5)ccc1-2. The first-order chi connectivity index (χ1) is 19.2. The van der Waals surface area contributed by atoms with Gasteiger partial charge in [0, 0.05) is 23.2 Å². The lowest BCUT2D eigenvalue weighted by Gasteiger charge is -2.54. The molecule has 40 heavy (non-hydrogen) atoms. The topological polar surface area (TPSA) is 125 Å². The fourth-order valence-corrected chi connectivity index (χ4v) is 12.3. The predicted molar refractivity (Wildman–Crippen MR) is 150 cm³/mol. The first-order valence-corrected chi connectivity index (χ1v) is 17.7. The Morgan fingerprint density at radius 1 is 0.625 bits per heavy atom. The molecule has 6 bridgehead atoms. The van der Waals surface area contributed by atoms with Gasteiger partial charge in [0.2, 0.25) is 20.0 Å². The molecule has 212 valence electrons. The van der Waals surface area contributed by atoms with E-state index in [1.807, 2.05) is 0 Å². The van der Waals surface area contributed by atoms with Crippen molar-refractivity contribution in [3.05, 3.63) is 47.5 Å². The number of oxime groups is 1. The van der Waals surface area contributed by atoms with Gasteiger partial charge in [0.1, 0.15) is 5.71 Å². The number of fused-ring (bicyclic) bond motifs is 5. The molecule has 3 unspecified atom stereocenters. The van der Waals surface area contributed by atoms with Crippen LogP contribution in [0.4, 0.5) is 0 Å². The highest BCUT2D eigenvalue weighted by molar-refractivity contribution is 7.89. The molecule has 0 heterocycles. The zero-order valence-corrected chi connectivity index (χ0v) is 23.9. The molecule has 10 heteroatoms. The molecule has 2 aromatic carbocycles. The van der Waals surface area contributed by atoms with E-state index in [2.05, 4.69) is 14.6 Å². The first kappa shape index (κ1) is 25.4. The van der Waals surface area contributed by atoms with Crippen molar-refractivity contribution in [3.8, 4) is 11.1 Å². The number of sulfonamides is 2. The highest BCUT2D eigenvalue weighted by Crippen LogP contribution is 2.54. The second-order valence-electron chi connectivity index (χ2n) is 13.3. The minimum absolute atomic E-state index is 0.0235. The zero-order chi connectivity index (χ0) is 27.4. The van der Waals surface area contributed by atoms with Crippen LogP contribution in [0.3, 0.4) is 0 Å². The van der Waals surface area contributed by atoms with Crippen LogP contribution >= 0.6 is 0 Å². The van der Waals surface area contributed by atoms with Gasteiger partial charge in [-0.1, -0.05) is 23.7 Å². The summed E-state index contributed by atoms with van der Waals surface area (Å²) in [6, 6.07) is 9.69. The lowest BCUT2D eigenvalue weighted by molar-refractivity contribution is -0.00557. The number of nitrogens with zero attached hydrogens (tertiary/aromatic N) is 1. The molecule has 0 saturated heterocycles. The van der Waals surface area contributed by atoms with Crippen molar-refractivity contribution in [3.63, 3.8) is 0 Å². The highest BCUT2D eigenvalue weighted by atomic mass is 32.2. The predicted octanol–water partition coefficient (Wildman–Crippen LogP) is 4.46. The van der Waals surface area contributed by atoms with Crippen molar-refractivity contribution in [2.75, 3.05) is 0 Å². The second kappa shape index (κ2) is 8.86. The first-order valence-electron chi connectivity index (χ1n) is 14.7. The van der Waals surface area contributed by atoms with E-state index in [0.29, 0.717) is 34.8 Å². The smallest absolute Gasteiger partial charge is 0.240 e. The third-order valence-electron chi connectivity index (χ3n) is 11.1. The lowest BCUT2D eigenvalue weighted by atomic mass is 9.54. The number of benzene rings is 2. The maximum Gasteiger partial charge on any atom is 0.240 e. The number of rotatable bonds is 6. The van der Waals surface area contributed by atoms with Gasteiger partial charge in [-0.2, -0.15) is 0 Å². The molecule has 6 fully saturated rings. The minimum Gasteiger partial charge on any atom is -0.410 e. The van der Waals surface area contributed by atoms with Crippen molar-refractivity contribution >= 4 is 25.8 Å². The summed E-state index contributed by atoms with van der Waals surface area (Å²) in [7, 11) is -7.54. The Labute approximate surface area is 235 Å². The molecule has 9 rings (SSSR count). The van der Waals surface area contributed by atoms with Gasteiger partial charge in [-0.05, 0) is 122 Å². The summed E-state index contributed by atoms with van der Waals surface area (Å²) in [6.45, 7) is 0. The van der Waals surface area contributed by atoms with E-state index >= 15 is 0 Å². The Balaban J connectivity index is 1.07. The van der Waals surface area contributed by atoms with Crippen LogP contribution in [-0.2, 0) is 20.0 Å². The summed E-state index contributed by atoms with van der Waals surface area (Å²) in [4.78, 5) is 0.263. The van der Waals surface area contributed by atoms with Crippen molar-refractivity contribution < 1.29 is 22.0 Å². The molecule has 0 radical (unpaired) electrons. The number of hydrogen-bond acceptors (Lipinski definition) is 6. The Morgan fingerprint density at radius 3 is 1.68 bits per heavy atom. The summed E-state index contributed by atoms with van der Waals surface area (Å²) in [5.74, 6) is 3.34. The van der Waals surface area contributed by atoms with Crippen LogP contribution in [0.15, 0.2) is 51.3 Å². The van der Waals surface area contributed by atoms with Gasteiger partial charge in [-0.15, -0.1) is 0 Å². The Hall–Kier alpha value is -2.27. The van der Waals surface area contributed by atoms with Gasteiger partial charge in [0.05, 0.1) is 9.79 Å². The second-order valence-corrected chi connectivity index (χ2v) is 16.8. The van der Waals surface area contributed by atoms with Gasteiger partial charge in [0.25, 0.3) is 0 Å². The van der Waals surface area contributed by atoms with Crippen molar-refractivity contribution in [1.82, 2.24) is 9.44 Å². The largest absolute Gasteiger partial charge is 0.410 e. The van der Waals surface area contributed by atoms with Gasteiger partial charge in [0.15, 0.2) is 0 Å². The molecule has 2 aromatic rings.